The van der Waals surface area contributed by atoms with Crippen LogP contribution in [0.15, 0.2) is 23.0 Å². The Morgan fingerprint density at radius 1 is 1.23 bits per heavy atom. The minimum absolute atomic E-state index is 0.308. The third-order valence-corrected chi connectivity index (χ3v) is 3.72. The second kappa shape index (κ2) is 6.55. The molecule has 2 heterocycles. The molecule has 116 valence electrons. The lowest BCUT2D eigenvalue weighted by Gasteiger charge is -2.22. The number of amides is 1. The van der Waals surface area contributed by atoms with Crippen molar-refractivity contribution in [3.05, 3.63) is 29.8 Å². The summed E-state index contributed by atoms with van der Waals surface area (Å²) in [7, 11) is 0. The lowest BCUT2D eigenvalue weighted by atomic mass is 9.96. The molecule has 7 nitrogen and oxygen atoms in total. The fourth-order valence-corrected chi connectivity index (χ4v) is 2.56. The molecule has 1 aliphatic rings. The van der Waals surface area contributed by atoms with Crippen molar-refractivity contribution >= 4 is 17.7 Å². The predicted octanol–water partition coefficient (Wildman–Crippen LogP) is 2.77. The first-order chi connectivity index (χ1) is 10.7. The summed E-state index contributed by atoms with van der Waals surface area (Å²) >= 11 is 0. The van der Waals surface area contributed by atoms with E-state index >= 15 is 0 Å². The van der Waals surface area contributed by atoms with Crippen molar-refractivity contribution < 1.29 is 9.32 Å². The van der Waals surface area contributed by atoms with Gasteiger partial charge in [-0.15, -0.1) is 0 Å². The fraction of sp³-hybridized carbons (Fsp3) is 0.467. The van der Waals surface area contributed by atoms with Crippen molar-refractivity contribution in [1.29, 1.82) is 0 Å². The van der Waals surface area contributed by atoms with Gasteiger partial charge in [0, 0.05) is 24.5 Å². The molecule has 22 heavy (non-hydrogen) atoms. The zero-order chi connectivity index (χ0) is 15.4. The second-order valence-electron chi connectivity index (χ2n) is 5.55. The first kappa shape index (κ1) is 14.5. The van der Waals surface area contributed by atoms with Crippen LogP contribution < -0.4 is 10.6 Å². The molecule has 0 aromatic carbocycles. The third kappa shape index (κ3) is 3.60. The summed E-state index contributed by atoms with van der Waals surface area (Å²) in [6.07, 6.45) is 9.12. The Kier molecular flexibility index (Phi) is 4.32. The Morgan fingerprint density at radius 3 is 2.59 bits per heavy atom. The summed E-state index contributed by atoms with van der Waals surface area (Å²) in [5.41, 5.74) is 0.384. The van der Waals surface area contributed by atoms with Gasteiger partial charge in [0.15, 0.2) is 5.82 Å². The molecule has 2 aromatic rings. The summed E-state index contributed by atoms with van der Waals surface area (Å²) < 4.78 is 4.90. The van der Waals surface area contributed by atoms with Crippen LogP contribution in [-0.2, 0) is 0 Å². The van der Waals surface area contributed by atoms with Crippen LogP contribution in [0.3, 0.4) is 0 Å². The second-order valence-corrected chi connectivity index (χ2v) is 5.55. The average Bonchev–Trinajstić information content (AvgIpc) is 2.94. The topological polar surface area (TPSA) is 92.9 Å². The molecule has 0 spiro atoms. The van der Waals surface area contributed by atoms with Crippen molar-refractivity contribution in [3.63, 3.8) is 0 Å². The number of rotatable bonds is 4. The van der Waals surface area contributed by atoms with Gasteiger partial charge in [-0.05, 0) is 19.8 Å². The highest BCUT2D eigenvalue weighted by molar-refractivity contribution is 6.03. The number of aryl methyl sites for hydroxylation is 1. The Labute approximate surface area is 128 Å². The van der Waals surface area contributed by atoms with Crippen LogP contribution in [-0.4, -0.2) is 27.1 Å². The van der Waals surface area contributed by atoms with Crippen LogP contribution in [0.5, 0.6) is 0 Å². The van der Waals surface area contributed by atoms with Gasteiger partial charge in [0.05, 0.1) is 5.56 Å². The fourth-order valence-electron chi connectivity index (χ4n) is 2.56. The van der Waals surface area contributed by atoms with E-state index in [2.05, 4.69) is 25.8 Å². The molecule has 1 fully saturated rings. The van der Waals surface area contributed by atoms with Crippen LogP contribution in [0.2, 0.25) is 0 Å². The number of hydrogen-bond acceptors (Lipinski definition) is 6. The highest BCUT2D eigenvalue weighted by Gasteiger charge is 2.15. The summed E-state index contributed by atoms with van der Waals surface area (Å²) in [6, 6.07) is 2.09. The highest BCUT2D eigenvalue weighted by Crippen LogP contribution is 2.20. The zero-order valence-corrected chi connectivity index (χ0v) is 12.5. The minimum atomic E-state index is -0.308. The van der Waals surface area contributed by atoms with Gasteiger partial charge < -0.3 is 15.2 Å². The number of aromatic nitrogens is 3. The quantitative estimate of drug-likeness (QED) is 0.902. The molecule has 2 N–H and O–H groups in total. The normalized spacial score (nSPS) is 15.5. The van der Waals surface area contributed by atoms with Crippen LogP contribution in [0.4, 0.5) is 11.8 Å². The van der Waals surface area contributed by atoms with Gasteiger partial charge in [-0.25, -0.2) is 9.97 Å². The molecular formula is C15H19N5O2. The summed E-state index contributed by atoms with van der Waals surface area (Å²) in [6.45, 7) is 1.76. The van der Waals surface area contributed by atoms with E-state index in [0.717, 1.165) is 12.8 Å². The molecule has 0 saturated heterocycles. The Hall–Kier alpha value is -2.44. The molecule has 1 amide bonds. The monoisotopic (exact) mass is 301 g/mol. The van der Waals surface area contributed by atoms with Crippen molar-refractivity contribution in [2.45, 2.75) is 45.1 Å². The molecule has 0 atom stereocenters. The predicted molar refractivity (Wildman–Crippen MR) is 81.7 cm³/mol. The summed E-state index contributed by atoms with van der Waals surface area (Å²) in [5, 5.41) is 9.67. The van der Waals surface area contributed by atoms with E-state index in [1.165, 1.54) is 31.7 Å². The molecule has 2 aromatic heterocycles. The van der Waals surface area contributed by atoms with Crippen molar-refractivity contribution in [3.8, 4) is 0 Å². The van der Waals surface area contributed by atoms with Crippen LogP contribution >= 0.6 is 0 Å². The van der Waals surface area contributed by atoms with E-state index < -0.39 is 0 Å². The molecule has 3 rings (SSSR count). The van der Waals surface area contributed by atoms with Gasteiger partial charge in [-0.2, -0.15) is 0 Å². The van der Waals surface area contributed by atoms with Gasteiger partial charge in [0.2, 0.25) is 5.95 Å². The molecule has 0 unspecified atom stereocenters. The van der Waals surface area contributed by atoms with Gasteiger partial charge in [0.1, 0.15) is 5.76 Å². The number of carbonyl (C=O) groups excluding carboxylic acids is 1. The van der Waals surface area contributed by atoms with Gasteiger partial charge in [-0.3, -0.25) is 4.79 Å². The average molecular weight is 301 g/mol. The maximum absolute atomic E-state index is 12.0. The molecule has 1 aliphatic carbocycles. The first-order valence-corrected chi connectivity index (χ1v) is 7.54. The number of anilines is 2. The third-order valence-electron chi connectivity index (χ3n) is 3.72. The van der Waals surface area contributed by atoms with Gasteiger partial charge in [-0.1, -0.05) is 24.4 Å². The summed E-state index contributed by atoms with van der Waals surface area (Å²) in [5.74, 6) is 1.28. The van der Waals surface area contributed by atoms with Crippen molar-refractivity contribution in [2.24, 2.45) is 0 Å². The number of hydrogen-bond donors (Lipinski definition) is 2. The zero-order valence-electron chi connectivity index (χ0n) is 12.5. The molecular weight excluding hydrogens is 282 g/mol. The van der Waals surface area contributed by atoms with Crippen LogP contribution in [0.25, 0.3) is 0 Å². The lowest BCUT2D eigenvalue weighted by molar-refractivity contribution is 0.102. The maximum Gasteiger partial charge on any atom is 0.260 e. The number of carbonyl (C=O) groups is 1. The molecule has 7 heteroatoms. The molecule has 1 saturated carbocycles. The number of nitrogens with one attached hydrogen (secondary N) is 2. The van der Waals surface area contributed by atoms with Crippen molar-refractivity contribution in [1.82, 2.24) is 15.1 Å². The van der Waals surface area contributed by atoms with Crippen LogP contribution in [0.1, 0.15) is 48.2 Å². The Bertz CT molecular complexity index is 632. The number of nitrogens with zero attached hydrogens (tertiary/aromatic N) is 3. The van der Waals surface area contributed by atoms with Crippen LogP contribution in [0, 0.1) is 6.92 Å². The molecule has 0 aliphatic heterocycles. The van der Waals surface area contributed by atoms with Crippen molar-refractivity contribution in [2.75, 3.05) is 10.6 Å². The Balaban J connectivity index is 1.59. The first-order valence-electron chi connectivity index (χ1n) is 7.54. The highest BCUT2D eigenvalue weighted by atomic mass is 16.5. The van der Waals surface area contributed by atoms with E-state index in [1.54, 1.807) is 13.0 Å². The minimum Gasteiger partial charge on any atom is -0.360 e. The van der Waals surface area contributed by atoms with Gasteiger partial charge in [0.25, 0.3) is 5.91 Å². The van der Waals surface area contributed by atoms with E-state index in [4.69, 9.17) is 4.52 Å². The Morgan fingerprint density at radius 2 is 1.95 bits per heavy atom. The van der Waals surface area contributed by atoms with E-state index in [9.17, 15) is 4.79 Å². The lowest BCUT2D eigenvalue weighted by Crippen LogP contribution is -2.23. The van der Waals surface area contributed by atoms with E-state index in [-0.39, 0.29) is 5.91 Å². The SMILES string of the molecule is Cc1cc(NC(=O)c2cnc(NC3CCCCC3)nc2)no1. The summed E-state index contributed by atoms with van der Waals surface area (Å²) in [4.78, 5) is 20.5. The molecule has 0 radical (unpaired) electrons. The molecule has 0 bridgehead atoms. The smallest absolute Gasteiger partial charge is 0.260 e. The largest absolute Gasteiger partial charge is 0.360 e. The van der Waals surface area contributed by atoms with Gasteiger partial charge >= 0.3 is 0 Å². The maximum atomic E-state index is 12.0. The standard InChI is InChI=1S/C15H19N5O2/c1-10-7-13(20-22-10)19-14(21)11-8-16-15(17-9-11)18-12-5-3-2-4-6-12/h7-9,12H,2-6H2,1H3,(H,16,17,18)(H,19,20,21). The van der Waals surface area contributed by atoms with E-state index in [0.29, 0.717) is 29.1 Å². The van der Waals surface area contributed by atoms with E-state index in [1.807, 2.05) is 0 Å².